The van der Waals surface area contributed by atoms with Gasteiger partial charge in [0.05, 0.1) is 12.6 Å². The number of likely N-dealkylation sites (tertiary alicyclic amines) is 1. The minimum atomic E-state index is -0.259. The van der Waals surface area contributed by atoms with Crippen LogP contribution in [-0.2, 0) is 4.79 Å². The standard InChI is InChI=1S/C19H29FN2O2/c1-2-13-22-14-5-3-7-18(22)19(23)21-12-4-6-15-24-17-10-8-16(20)9-11-17/h8-11,18H,2-7,12-15H2,1H3,(H,21,23). The van der Waals surface area contributed by atoms with E-state index < -0.39 is 0 Å². The van der Waals surface area contributed by atoms with Gasteiger partial charge in [0, 0.05) is 6.54 Å². The minimum Gasteiger partial charge on any atom is -0.494 e. The van der Waals surface area contributed by atoms with E-state index in [-0.39, 0.29) is 17.8 Å². The van der Waals surface area contributed by atoms with Crippen molar-refractivity contribution in [1.29, 1.82) is 0 Å². The second kappa shape index (κ2) is 10.3. The average molecular weight is 336 g/mol. The van der Waals surface area contributed by atoms with Gasteiger partial charge >= 0.3 is 0 Å². The molecule has 0 radical (unpaired) electrons. The average Bonchev–Trinajstić information content (AvgIpc) is 2.60. The number of benzene rings is 1. The molecular weight excluding hydrogens is 307 g/mol. The summed E-state index contributed by atoms with van der Waals surface area (Å²) in [5, 5.41) is 3.06. The topological polar surface area (TPSA) is 41.6 Å². The Balaban J connectivity index is 1.59. The van der Waals surface area contributed by atoms with E-state index in [4.69, 9.17) is 4.74 Å². The summed E-state index contributed by atoms with van der Waals surface area (Å²) in [6, 6.07) is 6.09. The van der Waals surface area contributed by atoms with Crippen molar-refractivity contribution in [3.8, 4) is 5.75 Å². The third kappa shape index (κ3) is 6.11. The molecule has 1 aromatic carbocycles. The Morgan fingerprint density at radius 1 is 1.29 bits per heavy atom. The van der Waals surface area contributed by atoms with E-state index in [0.717, 1.165) is 45.2 Å². The molecule has 1 N–H and O–H groups in total. The highest BCUT2D eigenvalue weighted by atomic mass is 19.1. The molecule has 1 saturated heterocycles. The summed E-state index contributed by atoms with van der Waals surface area (Å²) in [4.78, 5) is 14.7. The molecule has 1 unspecified atom stereocenters. The highest BCUT2D eigenvalue weighted by molar-refractivity contribution is 5.81. The number of carbonyl (C=O) groups excluding carboxylic acids is 1. The molecule has 1 heterocycles. The van der Waals surface area contributed by atoms with Gasteiger partial charge in [0.2, 0.25) is 5.91 Å². The van der Waals surface area contributed by atoms with E-state index in [1.165, 1.54) is 18.6 Å². The van der Waals surface area contributed by atoms with E-state index in [9.17, 15) is 9.18 Å². The van der Waals surface area contributed by atoms with Crippen molar-refractivity contribution in [1.82, 2.24) is 10.2 Å². The van der Waals surface area contributed by atoms with E-state index in [2.05, 4.69) is 17.1 Å². The Labute approximate surface area is 144 Å². The van der Waals surface area contributed by atoms with Gasteiger partial charge in [0.1, 0.15) is 11.6 Å². The fourth-order valence-electron chi connectivity index (χ4n) is 3.12. The molecule has 5 heteroatoms. The zero-order valence-electron chi connectivity index (χ0n) is 14.6. The smallest absolute Gasteiger partial charge is 0.237 e. The summed E-state index contributed by atoms with van der Waals surface area (Å²) >= 11 is 0. The van der Waals surface area contributed by atoms with Crippen LogP contribution < -0.4 is 10.1 Å². The molecule has 2 rings (SSSR count). The fraction of sp³-hybridized carbons (Fsp3) is 0.632. The number of carbonyl (C=O) groups is 1. The molecule has 0 aliphatic carbocycles. The maximum atomic E-state index is 12.8. The van der Waals surface area contributed by atoms with E-state index in [1.807, 2.05) is 0 Å². The summed E-state index contributed by atoms with van der Waals surface area (Å²) in [5.74, 6) is 0.588. The molecule has 0 saturated carbocycles. The van der Waals surface area contributed by atoms with Crippen LogP contribution in [0.3, 0.4) is 0 Å². The number of halogens is 1. The third-order valence-electron chi connectivity index (χ3n) is 4.38. The van der Waals surface area contributed by atoms with Crippen LogP contribution in [0.1, 0.15) is 45.4 Å². The first-order chi connectivity index (χ1) is 11.7. The Morgan fingerprint density at radius 2 is 2.08 bits per heavy atom. The van der Waals surface area contributed by atoms with Crippen LogP contribution in [0.2, 0.25) is 0 Å². The van der Waals surface area contributed by atoms with Crippen LogP contribution in [0.5, 0.6) is 5.75 Å². The number of nitrogens with one attached hydrogen (secondary N) is 1. The molecule has 1 amide bonds. The van der Waals surface area contributed by atoms with Crippen molar-refractivity contribution in [3.05, 3.63) is 30.1 Å². The van der Waals surface area contributed by atoms with Crippen molar-refractivity contribution in [2.24, 2.45) is 0 Å². The first kappa shape index (κ1) is 18.7. The maximum absolute atomic E-state index is 12.8. The number of amides is 1. The van der Waals surface area contributed by atoms with E-state index >= 15 is 0 Å². The highest BCUT2D eigenvalue weighted by Crippen LogP contribution is 2.17. The first-order valence-electron chi connectivity index (χ1n) is 9.11. The number of hydrogen-bond acceptors (Lipinski definition) is 3. The normalized spacial score (nSPS) is 18.3. The van der Waals surface area contributed by atoms with Gasteiger partial charge in [-0.15, -0.1) is 0 Å². The molecule has 134 valence electrons. The van der Waals surface area contributed by atoms with Crippen molar-refractivity contribution in [2.45, 2.75) is 51.5 Å². The Hall–Kier alpha value is -1.62. The van der Waals surface area contributed by atoms with Crippen LogP contribution in [0.4, 0.5) is 4.39 Å². The van der Waals surface area contributed by atoms with Crippen LogP contribution in [-0.4, -0.2) is 43.1 Å². The van der Waals surface area contributed by atoms with Crippen molar-refractivity contribution in [2.75, 3.05) is 26.2 Å². The van der Waals surface area contributed by atoms with Gasteiger partial charge in [0.25, 0.3) is 0 Å². The lowest BCUT2D eigenvalue weighted by Crippen LogP contribution is -2.49. The SMILES string of the molecule is CCCN1CCCCC1C(=O)NCCCCOc1ccc(F)cc1. The Bertz CT molecular complexity index is 491. The van der Waals surface area contributed by atoms with Crippen LogP contribution >= 0.6 is 0 Å². The Kier molecular flexibility index (Phi) is 8.02. The maximum Gasteiger partial charge on any atom is 0.237 e. The second-order valence-corrected chi connectivity index (χ2v) is 6.35. The summed E-state index contributed by atoms with van der Waals surface area (Å²) in [6.45, 7) is 5.46. The molecule has 24 heavy (non-hydrogen) atoms. The van der Waals surface area contributed by atoms with Gasteiger partial charge < -0.3 is 10.1 Å². The number of ether oxygens (including phenoxy) is 1. The summed E-state index contributed by atoms with van der Waals surface area (Å²) in [5.41, 5.74) is 0. The molecule has 1 aromatic rings. The lowest BCUT2D eigenvalue weighted by molar-refractivity contribution is -0.127. The summed E-state index contributed by atoms with van der Waals surface area (Å²) < 4.78 is 18.3. The van der Waals surface area contributed by atoms with E-state index in [1.54, 1.807) is 12.1 Å². The zero-order valence-corrected chi connectivity index (χ0v) is 14.6. The number of hydrogen-bond donors (Lipinski definition) is 1. The summed E-state index contributed by atoms with van der Waals surface area (Å²) in [6.07, 6.45) is 6.15. The van der Waals surface area contributed by atoms with E-state index in [0.29, 0.717) is 18.9 Å². The van der Waals surface area contributed by atoms with Crippen molar-refractivity contribution >= 4 is 5.91 Å². The number of nitrogens with zero attached hydrogens (tertiary/aromatic N) is 1. The molecule has 0 spiro atoms. The Morgan fingerprint density at radius 3 is 2.83 bits per heavy atom. The van der Waals surface area contributed by atoms with Gasteiger partial charge in [0.15, 0.2) is 0 Å². The highest BCUT2D eigenvalue weighted by Gasteiger charge is 2.27. The molecular formula is C19H29FN2O2. The minimum absolute atomic E-state index is 0.0502. The molecule has 0 bridgehead atoms. The van der Waals surface area contributed by atoms with Crippen molar-refractivity contribution < 1.29 is 13.9 Å². The van der Waals surface area contributed by atoms with Gasteiger partial charge in [-0.1, -0.05) is 13.3 Å². The molecule has 1 atom stereocenters. The predicted molar refractivity (Wildman–Crippen MR) is 93.6 cm³/mol. The van der Waals surface area contributed by atoms with Gasteiger partial charge in [-0.2, -0.15) is 0 Å². The summed E-state index contributed by atoms with van der Waals surface area (Å²) in [7, 11) is 0. The molecule has 4 nitrogen and oxygen atoms in total. The molecule has 1 fully saturated rings. The number of unbranched alkanes of at least 4 members (excludes halogenated alkanes) is 1. The quantitative estimate of drug-likeness (QED) is 0.703. The second-order valence-electron chi connectivity index (χ2n) is 6.35. The molecule has 1 aliphatic heterocycles. The molecule has 1 aliphatic rings. The third-order valence-corrected chi connectivity index (χ3v) is 4.38. The zero-order chi connectivity index (χ0) is 17.2. The monoisotopic (exact) mass is 336 g/mol. The van der Waals surface area contributed by atoms with Crippen LogP contribution in [0.15, 0.2) is 24.3 Å². The van der Waals surface area contributed by atoms with Gasteiger partial charge in [-0.25, -0.2) is 4.39 Å². The first-order valence-corrected chi connectivity index (χ1v) is 9.11. The largest absolute Gasteiger partial charge is 0.494 e. The fourth-order valence-corrected chi connectivity index (χ4v) is 3.12. The number of piperidine rings is 1. The van der Waals surface area contributed by atoms with Crippen LogP contribution in [0, 0.1) is 5.82 Å². The van der Waals surface area contributed by atoms with Gasteiger partial charge in [-0.05, 0) is 69.5 Å². The molecule has 0 aromatic heterocycles. The van der Waals surface area contributed by atoms with Crippen LogP contribution in [0.25, 0.3) is 0 Å². The predicted octanol–water partition coefficient (Wildman–Crippen LogP) is 3.37. The van der Waals surface area contributed by atoms with Crippen molar-refractivity contribution in [3.63, 3.8) is 0 Å². The lowest BCUT2D eigenvalue weighted by atomic mass is 10.0. The lowest BCUT2D eigenvalue weighted by Gasteiger charge is -2.34. The number of rotatable bonds is 9. The van der Waals surface area contributed by atoms with Gasteiger partial charge in [-0.3, -0.25) is 9.69 Å².